The van der Waals surface area contributed by atoms with E-state index in [2.05, 4.69) is 14.9 Å². The molecule has 1 fully saturated rings. The van der Waals surface area contributed by atoms with Gasteiger partial charge in [0.2, 0.25) is 5.95 Å². The first-order valence-electron chi connectivity index (χ1n) is 5.20. The summed E-state index contributed by atoms with van der Waals surface area (Å²) in [4.78, 5) is 20.8. The van der Waals surface area contributed by atoms with Crippen molar-refractivity contribution in [1.29, 1.82) is 0 Å². The number of anilines is 1. The smallest absolute Gasteiger partial charge is 0.255 e. The van der Waals surface area contributed by atoms with E-state index in [0.717, 1.165) is 13.1 Å². The summed E-state index contributed by atoms with van der Waals surface area (Å²) in [5.41, 5.74) is 0.598. The van der Waals surface area contributed by atoms with Crippen LogP contribution in [0.2, 0.25) is 0 Å². The third-order valence-corrected chi connectivity index (χ3v) is 2.82. The molecule has 0 aliphatic carbocycles. The van der Waals surface area contributed by atoms with Gasteiger partial charge in [-0.05, 0) is 19.3 Å². The van der Waals surface area contributed by atoms with E-state index < -0.39 is 0 Å². The van der Waals surface area contributed by atoms with E-state index in [1.807, 2.05) is 0 Å². The summed E-state index contributed by atoms with van der Waals surface area (Å²) in [6.07, 6.45) is 4.55. The van der Waals surface area contributed by atoms with Crippen molar-refractivity contribution in [2.75, 3.05) is 23.9 Å². The maximum absolute atomic E-state index is 11.6. The Bertz CT molecular complexity index is 388. The highest BCUT2D eigenvalue weighted by molar-refractivity contribution is 6.17. The maximum Gasteiger partial charge on any atom is 0.255 e. The van der Waals surface area contributed by atoms with Gasteiger partial charge in [0, 0.05) is 30.7 Å². The first kappa shape index (κ1) is 13.3. The van der Waals surface area contributed by atoms with Gasteiger partial charge in [-0.25, -0.2) is 4.98 Å². The molecule has 0 aromatic carbocycles. The van der Waals surface area contributed by atoms with Crippen molar-refractivity contribution in [1.82, 2.24) is 9.97 Å². The van der Waals surface area contributed by atoms with Crippen molar-refractivity contribution >= 4 is 30.0 Å². The van der Waals surface area contributed by atoms with E-state index in [1.165, 1.54) is 12.8 Å². The number of alkyl halides is 1. The molecule has 1 saturated heterocycles. The summed E-state index contributed by atoms with van der Waals surface area (Å²) >= 11 is 5.58. The largest absolute Gasteiger partial charge is 0.342 e. The number of nitrogens with zero attached hydrogens (tertiary/aromatic N) is 2. The quantitative estimate of drug-likeness (QED) is 0.843. The Kier molecular flexibility index (Phi) is 5.09. The van der Waals surface area contributed by atoms with Crippen LogP contribution >= 0.6 is 24.0 Å². The molecule has 1 aromatic heterocycles. The number of nitrogens with one attached hydrogen (secondary N) is 1. The minimum Gasteiger partial charge on any atom is -0.342 e. The van der Waals surface area contributed by atoms with Gasteiger partial charge in [-0.2, -0.15) is 0 Å². The van der Waals surface area contributed by atoms with Crippen LogP contribution < -0.4 is 10.5 Å². The van der Waals surface area contributed by atoms with Gasteiger partial charge in [-0.1, -0.05) is 0 Å². The maximum atomic E-state index is 11.6. The summed E-state index contributed by atoms with van der Waals surface area (Å²) in [6.45, 7) is 1.97. The van der Waals surface area contributed by atoms with Crippen LogP contribution in [0.15, 0.2) is 11.0 Å². The van der Waals surface area contributed by atoms with Gasteiger partial charge in [-0.15, -0.1) is 24.0 Å². The molecule has 0 bridgehead atoms. The van der Waals surface area contributed by atoms with Gasteiger partial charge in [-0.3, -0.25) is 9.78 Å². The lowest BCUT2D eigenvalue weighted by atomic mass is 10.3. The van der Waals surface area contributed by atoms with Crippen LogP contribution in [0.3, 0.4) is 0 Å². The molecule has 1 aromatic rings. The molecule has 0 spiro atoms. The fourth-order valence-corrected chi connectivity index (χ4v) is 1.98. The Morgan fingerprint density at radius 2 is 2.12 bits per heavy atom. The highest BCUT2D eigenvalue weighted by atomic mass is 35.5. The summed E-state index contributed by atoms with van der Waals surface area (Å²) in [6, 6.07) is 0. The SMILES string of the molecule is Cl.O=c1[nH]c(N2CCCC2)ncc1CCCl. The van der Waals surface area contributed by atoms with Crippen molar-refractivity contribution in [2.45, 2.75) is 19.3 Å². The zero-order chi connectivity index (χ0) is 10.7. The lowest BCUT2D eigenvalue weighted by molar-refractivity contribution is 0.876. The van der Waals surface area contributed by atoms with Gasteiger partial charge in [0.05, 0.1) is 0 Å². The van der Waals surface area contributed by atoms with Gasteiger partial charge in [0.15, 0.2) is 0 Å². The molecule has 0 radical (unpaired) electrons. The Morgan fingerprint density at radius 3 is 2.69 bits per heavy atom. The third kappa shape index (κ3) is 2.89. The van der Waals surface area contributed by atoms with Gasteiger partial charge < -0.3 is 4.90 Å². The third-order valence-electron chi connectivity index (χ3n) is 2.63. The van der Waals surface area contributed by atoms with Crippen LogP contribution in [0.4, 0.5) is 5.95 Å². The average Bonchev–Trinajstić information content (AvgIpc) is 2.74. The zero-order valence-corrected chi connectivity index (χ0v) is 10.5. The van der Waals surface area contributed by atoms with E-state index in [0.29, 0.717) is 23.8 Å². The van der Waals surface area contributed by atoms with Crippen LogP contribution in [0, 0.1) is 0 Å². The molecule has 2 rings (SSSR count). The van der Waals surface area contributed by atoms with Crippen LogP contribution in [0.25, 0.3) is 0 Å². The minimum atomic E-state index is -0.0625. The highest BCUT2D eigenvalue weighted by Gasteiger charge is 2.14. The number of H-pyrrole nitrogens is 1. The zero-order valence-electron chi connectivity index (χ0n) is 8.91. The molecule has 1 N–H and O–H groups in total. The molecule has 1 aliphatic heterocycles. The molecule has 4 nitrogen and oxygen atoms in total. The second-order valence-electron chi connectivity index (χ2n) is 3.69. The van der Waals surface area contributed by atoms with Crippen LogP contribution in [-0.2, 0) is 6.42 Å². The number of hydrogen-bond donors (Lipinski definition) is 1. The van der Waals surface area contributed by atoms with E-state index in [9.17, 15) is 4.79 Å². The standard InChI is InChI=1S/C10H14ClN3O.ClH/c11-4-3-8-7-12-10(13-9(8)15)14-5-1-2-6-14;/h7H,1-6H2,(H,12,13,15);1H. The van der Waals surface area contributed by atoms with Crippen LogP contribution in [-0.4, -0.2) is 28.9 Å². The molecule has 1 aliphatic rings. The number of hydrogen-bond acceptors (Lipinski definition) is 3. The lowest BCUT2D eigenvalue weighted by Crippen LogP contribution is -2.25. The summed E-state index contributed by atoms with van der Waals surface area (Å²) in [5, 5.41) is 0. The Balaban J connectivity index is 0.00000128. The predicted molar refractivity (Wildman–Crippen MR) is 68.0 cm³/mol. The summed E-state index contributed by atoms with van der Waals surface area (Å²) < 4.78 is 0. The Morgan fingerprint density at radius 1 is 1.44 bits per heavy atom. The molecule has 0 amide bonds. The number of aromatic nitrogens is 2. The first-order chi connectivity index (χ1) is 7.31. The minimum absolute atomic E-state index is 0. The number of halogens is 2. The fraction of sp³-hybridized carbons (Fsp3) is 0.600. The fourth-order valence-electron chi connectivity index (χ4n) is 1.78. The van der Waals surface area contributed by atoms with E-state index >= 15 is 0 Å². The van der Waals surface area contributed by atoms with Crippen molar-refractivity contribution in [3.8, 4) is 0 Å². The molecule has 0 atom stereocenters. The van der Waals surface area contributed by atoms with E-state index in [4.69, 9.17) is 11.6 Å². The normalized spacial score (nSPS) is 14.9. The molecular formula is C10H15Cl2N3O. The van der Waals surface area contributed by atoms with Gasteiger partial charge in [0.25, 0.3) is 5.56 Å². The molecule has 6 heteroatoms. The predicted octanol–water partition coefficient (Wildman–Crippen LogP) is 1.57. The number of aryl methyl sites for hydroxylation is 1. The molecule has 0 unspecified atom stereocenters. The van der Waals surface area contributed by atoms with E-state index in [-0.39, 0.29) is 18.0 Å². The Labute approximate surface area is 105 Å². The molecule has 16 heavy (non-hydrogen) atoms. The number of aromatic amines is 1. The second-order valence-corrected chi connectivity index (χ2v) is 4.07. The van der Waals surface area contributed by atoms with Crippen molar-refractivity contribution in [3.05, 3.63) is 22.1 Å². The monoisotopic (exact) mass is 263 g/mol. The van der Waals surface area contributed by atoms with Gasteiger partial charge in [0.1, 0.15) is 0 Å². The van der Waals surface area contributed by atoms with Crippen molar-refractivity contribution in [2.24, 2.45) is 0 Å². The topological polar surface area (TPSA) is 49.0 Å². The molecule has 0 saturated carbocycles. The van der Waals surface area contributed by atoms with Gasteiger partial charge >= 0.3 is 0 Å². The van der Waals surface area contributed by atoms with Crippen LogP contribution in [0.5, 0.6) is 0 Å². The summed E-state index contributed by atoms with van der Waals surface area (Å²) in [5.74, 6) is 1.14. The molecule has 2 heterocycles. The second kappa shape index (κ2) is 6.11. The van der Waals surface area contributed by atoms with Crippen LogP contribution in [0.1, 0.15) is 18.4 Å². The van der Waals surface area contributed by atoms with Crippen molar-refractivity contribution < 1.29 is 0 Å². The summed E-state index contributed by atoms with van der Waals surface area (Å²) in [7, 11) is 0. The molecular weight excluding hydrogens is 249 g/mol. The first-order valence-corrected chi connectivity index (χ1v) is 5.74. The van der Waals surface area contributed by atoms with E-state index in [1.54, 1.807) is 6.20 Å². The molecule has 90 valence electrons. The highest BCUT2D eigenvalue weighted by Crippen LogP contribution is 2.13. The number of rotatable bonds is 3. The lowest BCUT2D eigenvalue weighted by Gasteiger charge is -2.15. The average molecular weight is 264 g/mol. The van der Waals surface area contributed by atoms with Crippen molar-refractivity contribution in [3.63, 3.8) is 0 Å². The Hall–Kier alpha value is -0.740.